The third-order valence-electron chi connectivity index (χ3n) is 5.76. The van der Waals surface area contributed by atoms with Crippen molar-refractivity contribution in [3.8, 4) is 5.69 Å². The van der Waals surface area contributed by atoms with E-state index in [1.165, 1.54) is 18.4 Å². The molecule has 152 valence electrons. The second-order valence-electron chi connectivity index (χ2n) is 7.67. The van der Waals surface area contributed by atoms with Crippen LogP contribution in [0.25, 0.3) is 5.69 Å². The summed E-state index contributed by atoms with van der Waals surface area (Å²) in [6.45, 7) is 2.21. The monoisotopic (exact) mass is 404 g/mol. The van der Waals surface area contributed by atoms with Gasteiger partial charge in [0.15, 0.2) is 0 Å². The number of nitrogens with one attached hydrogen (secondary N) is 1. The summed E-state index contributed by atoms with van der Waals surface area (Å²) >= 11 is 0. The van der Waals surface area contributed by atoms with Gasteiger partial charge in [-0.25, -0.2) is 9.48 Å². The maximum atomic E-state index is 12.3. The van der Waals surface area contributed by atoms with Crippen molar-refractivity contribution in [1.29, 1.82) is 0 Å². The predicted molar refractivity (Wildman–Crippen MR) is 111 cm³/mol. The number of hydrogen-bond acceptors (Lipinski definition) is 5. The summed E-state index contributed by atoms with van der Waals surface area (Å²) in [5.74, 6) is 6.30. The van der Waals surface area contributed by atoms with Crippen LogP contribution in [0.1, 0.15) is 78.9 Å². The molecule has 28 heavy (non-hydrogen) atoms. The van der Waals surface area contributed by atoms with Crippen molar-refractivity contribution >= 4 is 18.4 Å². The Morgan fingerprint density at radius 1 is 1.29 bits per heavy atom. The fraction of sp³-hybridized carbons (Fsp3) is 0.524. The van der Waals surface area contributed by atoms with E-state index in [4.69, 9.17) is 10.6 Å². The van der Waals surface area contributed by atoms with Crippen LogP contribution in [-0.4, -0.2) is 28.4 Å². The lowest BCUT2D eigenvalue weighted by atomic mass is 9.81. The molecule has 7 heteroatoms. The third kappa shape index (κ3) is 4.24. The molecule has 2 unspecified atom stereocenters. The fourth-order valence-electron chi connectivity index (χ4n) is 4.23. The van der Waals surface area contributed by atoms with Crippen LogP contribution in [0.4, 0.5) is 0 Å². The van der Waals surface area contributed by atoms with E-state index < -0.39 is 0 Å². The highest BCUT2D eigenvalue weighted by Crippen LogP contribution is 2.43. The number of benzene rings is 1. The molecule has 0 saturated heterocycles. The number of aromatic nitrogens is 2. The van der Waals surface area contributed by atoms with Gasteiger partial charge in [-0.2, -0.15) is 5.10 Å². The molecule has 0 bridgehead atoms. The number of rotatable bonds is 6. The van der Waals surface area contributed by atoms with Gasteiger partial charge in [0.1, 0.15) is 5.56 Å². The van der Waals surface area contributed by atoms with Gasteiger partial charge in [0.25, 0.3) is 0 Å². The summed E-state index contributed by atoms with van der Waals surface area (Å²) in [7, 11) is 0. The van der Waals surface area contributed by atoms with Crippen molar-refractivity contribution in [3.63, 3.8) is 0 Å². The highest BCUT2D eigenvalue weighted by atomic mass is 35.5. The zero-order valence-electron chi connectivity index (χ0n) is 16.3. The number of nitrogens with two attached hydrogens (primary N) is 1. The first-order chi connectivity index (χ1) is 13.2. The Labute approximate surface area is 172 Å². The number of ether oxygens (including phenoxy) is 1. The Hall–Kier alpha value is -1.89. The molecular weight excluding hydrogens is 376 g/mol. The molecule has 6 nitrogen and oxygen atoms in total. The Morgan fingerprint density at radius 2 is 2.11 bits per heavy atom. The molecule has 2 aromatic rings. The summed E-state index contributed by atoms with van der Waals surface area (Å²) in [5.41, 5.74) is 6.89. The smallest absolute Gasteiger partial charge is 0.341 e. The van der Waals surface area contributed by atoms with Gasteiger partial charge in [0, 0.05) is 12.0 Å². The zero-order chi connectivity index (χ0) is 18.8. The van der Waals surface area contributed by atoms with Crippen LogP contribution in [0.5, 0.6) is 0 Å². The Morgan fingerprint density at radius 3 is 2.82 bits per heavy atom. The van der Waals surface area contributed by atoms with E-state index in [2.05, 4.69) is 34.8 Å². The number of esters is 1. The second-order valence-corrected chi connectivity index (χ2v) is 7.67. The summed E-state index contributed by atoms with van der Waals surface area (Å²) in [5, 5.41) is 4.55. The largest absolute Gasteiger partial charge is 0.462 e. The molecule has 2 aliphatic rings. The molecule has 0 spiro atoms. The summed E-state index contributed by atoms with van der Waals surface area (Å²) < 4.78 is 7.17. The molecule has 0 radical (unpaired) electrons. The third-order valence-corrected chi connectivity index (χ3v) is 5.76. The van der Waals surface area contributed by atoms with Crippen molar-refractivity contribution in [3.05, 3.63) is 47.3 Å². The molecule has 0 amide bonds. The summed E-state index contributed by atoms with van der Waals surface area (Å²) in [6, 6.07) is 8.96. The van der Waals surface area contributed by atoms with Gasteiger partial charge in [-0.15, -0.1) is 12.4 Å². The zero-order valence-corrected chi connectivity index (χ0v) is 17.1. The molecular formula is C21H29ClN4O2. The molecule has 2 saturated carbocycles. The Kier molecular flexibility index (Phi) is 6.75. The van der Waals surface area contributed by atoms with Gasteiger partial charge in [-0.05, 0) is 62.6 Å². The van der Waals surface area contributed by atoms with Crippen LogP contribution >= 0.6 is 12.4 Å². The highest BCUT2D eigenvalue weighted by molar-refractivity contribution is 5.91. The standard InChI is InChI=1S/C21H28N4O2.ClH/c1-2-27-21(26)19-13-23-25(20(19)14-9-10-14)18-8-4-6-16(12-18)15-5-3-7-17(11-15)24-22;/h4,6,8,12-15,17,24H,2-3,5,7,9-11,22H2,1H3;1H. The lowest BCUT2D eigenvalue weighted by molar-refractivity contribution is 0.0525. The van der Waals surface area contributed by atoms with Gasteiger partial charge in [-0.1, -0.05) is 18.6 Å². The van der Waals surface area contributed by atoms with E-state index in [-0.39, 0.29) is 18.4 Å². The van der Waals surface area contributed by atoms with Crippen LogP contribution in [0.15, 0.2) is 30.5 Å². The SMILES string of the molecule is CCOC(=O)c1cnn(-c2cccc(C3CCCC(NN)C3)c2)c1C1CC1.Cl. The lowest BCUT2D eigenvalue weighted by Crippen LogP contribution is -2.38. The molecule has 2 atom stereocenters. The first kappa shape index (κ1) is 20.8. The summed E-state index contributed by atoms with van der Waals surface area (Å²) in [6.07, 6.45) is 8.43. The van der Waals surface area contributed by atoms with Crippen molar-refractivity contribution < 1.29 is 9.53 Å². The first-order valence-corrected chi connectivity index (χ1v) is 10.0. The number of nitrogens with zero attached hydrogens (tertiary/aromatic N) is 2. The first-order valence-electron chi connectivity index (χ1n) is 10.0. The molecule has 2 fully saturated rings. The molecule has 1 aromatic carbocycles. The Balaban J connectivity index is 0.00000225. The van der Waals surface area contributed by atoms with Gasteiger partial charge < -0.3 is 4.74 Å². The normalized spacial score (nSPS) is 21.8. The van der Waals surface area contributed by atoms with E-state index in [1.54, 1.807) is 6.20 Å². The minimum atomic E-state index is -0.272. The van der Waals surface area contributed by atoms with Gasteiger partial charge in [-0.3, -0.25) is 11.3 Å². The van der Waals surface area contributed by atoms with E-state index in [9.17, 15) is 4.79 Å². The number of hydrogen-bond donors (Lipinski definition) is 2. The van der Waals surface area contributed by atoms with Crippen LogP contribution in [0.2, 0.25) is 0 Å². The van der Waals surface area contributed by atoms with Crippen molar-refractivity contribution in [2.45, 2.75) is 63.3 Å². The topological polar surface area (TPSA) is 82.2 Å². The quantitative estimate of drug-likeness (QED) is 0.434. The minimum absolute atomic E-state index is 0. The maximum absolute atomic E-state index is 12.3. The van der Waals surface area contributed by atoms with Crippen molar-refractivity contribution in [2.75, 3.05) is 6.61 Å². The average molecular weight is 405 g/mol. The van der Waals surface area contributed by atoms with Crippen molar-refractivity contribution in [1.82, 2.24) is 15.2 Å². The number of halogens is 1. The molecule has 1 heterocycles. The van der Waals surface area contributed by atoms with E-state index >= 15 is 0 Å². The van der Waals surface area contributed by atoms with Gasteiger partial charge >= 0.3 is 5.97 Å². The maximum Gasteiger partial charge on any atom is 0.341 e. The van der Waals surface area contributed by atoms with Gasteiger partial charge in [0.2, 0.25) is 0 Å². The predicted octanol–water partition coefficient (Wildman–Crippen LogP) is 3.84. The molecule has 0 aliphatic heterocycles. The fourth-order valence-corrected chi connectivity index (χ4v) is 4.23. The van der Waals surface area contributed by atoms with E-state index in [1.807, 2.05) is 11.6 Å². The minimum Gasteiger partial charge on any atom is -0.462 e. The van der Waals surface area contributed by atoms with E-state index in [0.29, 0.717) is 30.0 Å². The molecule has 2 aliphatic carbocycles. The summed E-state index contributed by atoms with van der Waals surface area (Å²) in [4.78, 5) is 12.3. The number of carbonyl (C=O) groups excluding carboxylic acids is 1. The molecule has 3 N–H and O–H groups in total. The van der Waals surface area contributed by atoms with Crippen molar-refractivity contribution in [2.24, 2.45) is 5.84 Å². The molecule has 4 rings (SSSR count). The van der Waals surface area contributed by atoms with Gasteiger partial charge in [0.05, 0.1) is 24.2 Å². The van der Waals surface area contributed by atoms with Crippen LogP contribution in [-0.2, 0) is 4.74 Å². The van der Waals surface area contributed by atoms with Crippen LogP contribution in [0, 0.1) is 0 Å². The number of carbonyl (C=O) groups is 1. The number of hydrazine groups is 1. The highest BCUT2D eigenvalue weighted by Gasteiger charge is 2.33. The average Bonchev–Trinajstić information content (AvgIpc) is 3.46. The lowest BCUT2D eigenvalue weighted by Gasteiger charge is -2.29. The molecule has 1 aromatic heterocycles. The van der Waals surface area contributed by atoms with Crippen LogP contribution < -0.4 is 11.3 Å². The Bertz CT molecular complexity index is 818. The van der Waals surface area contributed by atoms with E-state index in [0.717, 1.165) is 37.1 Å². The van der Waals surface area contributed by atoms with Crippen LogP contribution in [0.3, 0.4) is 0 Å². The second kappa shape index (κ2) is 9.07.